The zero-order chi connectivity index (χ0) is 26.0. The summed E-state index contributed by atoms with van der Waals surface area (Å²) < 4.78 is 0. The van der Waals surface area contributed by atoms with Crippen molar-refractivity contribution in [2.24, 2.45) is 5.73 Å². The van der Waals surface area contributed by atoms with Crippen molar-refractivity contribution in [3.05, 3.63) is 53.9 Å². The molecule has 186 valence electrons. The Bertz CT molecular complexity index is 1060. The molecule has 2 rings (SSSR count). The highest BCUT2D eigenvalue weighted by molar-refractivity contribution is 6.02. The van der Waals surface area contributed by atoms with Crippen LogP contribution >= 0.6 is 0 Å². The van der Waals surface area contributed by atoms with Crippen LogP contribution in [0.3, 0.4) is 0 Å². The highest BCUT2D eigenvalue weighted by Gasteiger charge is 2.36. The quantitative estimate of drug-likeness (QED) is 0.203. The van der Waals surface area contributed by atoms with Crippen LogP contribution in [0.1, 0.15) is 43.7 Å². The van der Waals surface area contributed by atoms with Crippen LogP contribution in [0, 0.1) is 5.41 Å². The Kier molecular flexibility index (Phi) is 9.82. The van der Waals surface area contributed by atoms with Gasteiger partial charge in [0.1, 0.15) is 17.9 Å². The Morgan fingerprint density at radius 3 is 2.26 bits per heavy atom. The Labute approximate surface area is 201 Å². The zero-order valence-electron chi connectivity index (χ0n) is 19.2. The lowest BCUT2D eigenvalue weighted by Crippen LogP contribution is -2.55. The number of nitrogen functional groups attached to an aromatic ring is 1. The molecule has 6 N–H and O–H groups in total. The molecule has 35 heavy (non-hydrogen) atoms. The fourth-order valence-corrected chi connectivity index (χ4v) is 3.24. The molecule has 0 aliphatic heterocycles. The average Bonchev–Trinajstić information content (AvgIpc) is 2.82. The van der Waals surface area contributed by atoms with Crippen molar-refractivity contribution in [2.45, 2.75) is 51.1 Å². The van der Waals surface area contributed by atoms with Crippen LogP contribution in [0.25, 0.3) is 0 Å². The molecule has 0 aliphatic rings. The molecule has 1 heterocycles. The van der Waals surface area contributed by atoms with E-state index >= 15 is 0 Å². The molecule has 12 heteroatoms. The summed E-state index contributed by atoms with van der Waals surface area (Å²) in [5.41, 5.74) is 6.23. The topological polar surface area (TPSA) is 200 Å². The van der Waals surface area contributed by atoms with Gasteiger partial charge < -0.3 is 21.3 Å². The molecule has 0 spiro atoms. The van der Waals surface area contributed by atoms with Gasteiger partial charge >= 0.3 is 11.9 Å². The minimum atomic E-state index is -1.61. The third kappa shape index (κ3) is 7.88. The third-order valence-electron chi connectivity index (χ3n) is 5.06. The Balaban J connectivity index is 2.41. The number of nitrogens with zero attached hydrogens (tertiary/aromatic N) is 3. The predicted octanol–water partition coefficient (Wildman–Crippen LogP) is 0.939. The number of carbonyl (C=O) groups is 4. The number of hydrogen-bond acceptors (Lipinski definition) is 7. The van der Waals surface area contributed by atoms with E-state index in [9.17, 15) is 29.4 Å². The second kappa shape index (κ2) is 12.8. The van der Waals surface area contributed by atoms with Crippen LogP contribution in [0.2, 0.25) is 0 Å². The largest absolute Gasteiger partial charge is 0.481 e. The van der Waals surface area contributed by atoms with E-state index in [2.05, 4.69) is 15.3 Å². The number of nitrogens with two attached hydrogens (primary N) is 1. The van der Waals surface area contributed by atoms with Gasteiger partial charge in [-0.1, -0.05) is 43.7 Å². The first-order valence-electron chi connectivity index (χ1n) is 10.9. The molecule has 2 atom stereocenters. The molecule has 1 aromatic carbocycles. The standard InChI is InChI=1S/C23H28N6O6/c1-2-3-9-18(30)29(23-26-12-15(13-27-23)20(24)25)17(11-19(31)32)21(33)28-16(22(34)35)10-14-7-5-4-6-8-14/h4-8,12-13,16-17H,2-3,9-11H2,1H3,(H3,24,25)(H,28,33)(H,31,32)(H,34,35)/t16-,17-/m0/s1. The highest BCUT2D eigenvalue weighted by atomic mass is 16.4. The Morgan fingerprint density at radius 1 is 1.11 bits per heavy atom. The number of unbranched alkanes of at least 4 members (excludes halogenated alkanes) is 1. The zero-order valence-corrected chi connectivity index (χ0v) is 19.2. The van der Waals surface area contributed by atoms with Crippen LogP contribution in [0.5, 0.6) is 0 Å². The highest BCUT2D eigenvalue weighted by Crippen LogP contribution is 2.18. The van der Waals surface area contributed by atoms with Crippen molar-refractivity contribution in [1.29, 1.82) is 5.41 Å². The van der Waals surface area contributed by atoms with Crippen molar-refractivity contribution >= 4 is 35.5 Å². The fraction of sp³-hybridized carbons (Fsp3) is 0.348. The number of anilines is 1. The van der Waals surface area contributed by atoms with Crippen molar-refractivity contribution in [3.63, 3.8) is 0 Å². The molecular formula is C23H28N6O6. The minimum absolute atomic E-state index is 0.00983. The first kappa shape index (κ1) is 26.9. The lowest BCUT2D eigenvalue weighted by Gasteiger charge is -2.29. The number of hydrogen-bond donors (Lipinski definition) is 5. The number of benzene rings is 1. The van der Waals surface area contributed by atoms with Gasteiger partial charge in [-0.3, -0.25) is 24.7 Å². The normalized spacial score (nSPS) is 12.3. The fourth-order valence-electron chi connectivity index (χ4n) is 3.24. The van der Waals surface area contributed by atoms with Gasteiger partial charge in [0.2, 0.25) is 17.8 Å². The maximum atomic E-state index is 13.2. The number of rotatable bonds is 13. The summed E-state index contributed by atoms with van der Waals surface area (Å²) in [6, 6.07) is 5.62. The average molecular weight is 485 g/mol. The van der Waals surface area contributed by atoms with Crippen LogP contribution in [0.15, 0.2) is 42.7 Å². The van der Waals surface area contributed by atoms with Crippen molar-refractivity contribution in [3.8, 4) is 0 Å². The summed E-state index contributed by atoms with van der Waals surface area (Å²) in [6.45, 7) is 1.86. The van der Waals surface area contributed by atoms with E-state index in [1.165, 1.54) is 12.4 Å². The molecule has 0 radical (unpaired) electrons. The second-order valence-corrected chi connectivity index (χ2v) is 7.76. The SMILES string of the molecule is CCCCC(=O)N(c1ncc(C(=N)N)cn1)[C@@H](CC(=O)O)C(=O)N[C@@H](Cc1ccccc1)C(=O)O. The molecule has 0 saturated heterocycles. The number of aromatic nitrogens is 2. The molecule has 1 aromatic heterocycles. The predicted molar refractivity (Wildman–Crippen MR) is 126 cm³/mol. The number of carboxylic acids is 2. The van der Waals surface area contributed by atoms with Gasteiger partial charge in [-0.15, -0.1) is 0 Å². The number of nitrogens with one attached hydrogen (secondary N) is 2. The van der Waals surface area contributed by atoms with Gasteiger partial charge in [-0.2, -0.15) is 0 Å². The van der Waals surface area contributed by atoms with Crippen molar-refractivity contribution < 1.29 is 29.4 Å². The third-order valence-corrected chi connectivity index (χ3v) is 5.06. The van der Waals surface area contributed by atoms with Gasteiger partial charge in [0.15, 0.2) is 0 Å². The van der Waals surface area contributed by atoms with E-state index in [0.29, 0.717) is 18.4 Å². The summed E-state index contributed by atoms with van der Waals surface area (Å²) in [6.07, 6.45) is 2.62. The number of aliphatic carboxylic acids is 2. The molecule has 0 fully saturated rings. The van der Waals surface area contributed by atoms with Gasteiger partial charge in [0, 0.05) is 25.2 Å². The molecule has 0 bridgehead atoms. The first-order chi connectivity index (χ1) is 16.6. The van der Waals surface area contributed by atoms with Gasteiger partial charge in [-0.25, -0.2) is 14.8 Å². The Morgan fingerprint density at radius 2 is 1.74 bits per heavy atom. The molecule has 2 aromatic rings. The van der Waals surface area contributed by atoms with Gasteiger partial charge in [-0.05, 0) is 12.0 Å². The van der Waals surface area contributed by atoms with Crippen LogP contribution in [-0.4, -0.2) is 61.9 Å². The van der Waals surface area contributed by atoms with Crippen LogP contribution in [0.4, 0.5) is 5.95 Å². The van der Waals surface area contributed by atoms with E-state index in [-0.39, 0.29) is 30.2 Å². The van der Waals surface area contributed by atoms with Crippen LogP contribution < -0.4 is 16.0 Å². The summed E-state index contributed by atoms with van der Waals surface area (Å²) in [7, 11) is 0. The number of amides is 2. The molecular weight excluding hydrogens is 456 g/mol. The van der Waals surface area contributed by atoms with Crippen molar-refractivity contribution in [1.82, 2.24) is 15.3 Å². The molecule has 0 saturated carbocycles. The van der Waals surface area contributed by atoms with E-state index in [1.807, 2.05) is 6.92 Å². The van der Waals surface area contributed by atoms with E-state index in [4.69, 9.17) is 11.1 Å². The number of amidine groups is 1. The monoisotopic (exact) mass is 484 g/mol. The van der Waals surface area contributed by atoms with Crippen molar-refractivity contribution in [2.75, 3.05) is 4.90 Å². The lowest BCUT2D eigenvalue weighted by molar-refractivity contribution is -0.142. The molecule has 0 aliphatic carbocycles. The summed E-state index contributed by atoms with van der Waals surface area (Å²) in [4.78, 5) is 58.6. The molecule has 12 nitrogen and oxygen atoms in total. The first-order valence-corrected chi connectivity index (χ1v) is 10.9. The summed E-state index contributed by atoms with van der Waals surface area (Å²) in [5, 5.41) is 28.9. The lowest BCUT2D eigenvalue weighted by atomic mass is 10.0. The number of carbonyl (C=O) groups excluding carboxylic acids is 2. The molecule has 0 unspecified atom stereocenters. The van der Waals surface area contributed by atoms with E-state index in [1.54, 1.807) is 30.3 Å². The molecule has 2 amide bonds. The summed E-state index contributed by atoms with van der Waals surface area (Å²) in [5.74, 6) is -4.84. The van der Waals surface area contributed by atoms with Crippen LogP contribution in [-0.2, 0) is 25.6 Å². The second-order valence-electron chi connectivity index (χ2n) is 7.76. The maximum absolute atomic E-state index is 13.2. The summed E-state index contributed by atoms with van der Waals surface area (Å²) >= 11 is 0. The smallest absolute Gasteiger partial charge is 0.326 e. The maximum Gasteiger partial charge on any atom is 0.326 e. The van der Waals surface area contributed by atoms with E-state index in [0.717, 1.165) is 4.90 Å². The number of carboxylic acid groups (broad SMARTS) is 2. The van der Waals surface area contributed by atoms with Gasteiger partial charge in [0.05, 0.1) is 12.0 Å². The Hall–Kier alpha value is -4.35. The minimum Gasteiger partial charge on any atom is -0.481 e. The van der Waals surface area contributed by atoms with E-state index < -0.39 is 42.3 Å². The van der Waals surface area contributed by atoms with Gasteiger partial charge in [0.25, 0.3) is 0 Å².